The minimum absolute atomic E-state index is 0.0102. The van der Waals surface area contributed by atoms with Crippen molar-refractivity contribution in [2.75, 3.05) is 6.61 Å². The van der Waals surface area contributed by atoms with Gasteiger partial charge in [0.25, 0.3) is 0 Å². The highest BCUT2D eigenvalue weighted by Crippen LogP contribution is 2.64. The topological polar surface area (TPSA) is 175 Å². The molecule has 4 aliphatic rings. The summed E-state index contributed by atoms with van der Waals surface area (Å²) < 4.78 is 23.2. The fourth-order valence-electron chi connectivity index (χ4n) is 8.29. The lowest BCUT2D eigenvalue weighted by Gasteiger charge is -2.65. The lowest BCUT2D eigenvalue weighted by Crippen LogP contribution is -2.77. The van der Waals surface area contributed by atoms with Gasteiger partial charge in [-0.25, -0.2) is 4.79 Å². The molecule has 2 N–H and O–H groups in total. The first-order valence-electron chi connectivity index (χ1n) is 15.2. The molecule has 9 atom stereocenters. The van der Waals surface area contributed by atoms with Gasteiger partial charge in [0.05, 0.1) is 18.1 Å². The molecular weight excluding hydrogens is 586 g/mol. The van der Waals surface area contributed by atoms with Crippen LogP contribution in [-0.2, 0) is 44.5 Å². The van der Waals surface area contributed by atoms with E-state index in [9.17, 15) is 34.3 Å². The van der Waals surface area contributed by atoms with E-state index in [1.165, 1.54) is 6.92 Å². The van der Waals surface area contributed by atoms with Gasteiger partial charge in [-0.1, -0.05) is 49.4 Å². The molecule has 1 unspecified atom stereocenters. The fraction of sp³-hybridized carbons (Fsp3) is 0.636. The lowest BCUT2D eigenvalue weighted by atomic mass is 9.45. The van der Waals surface area contributed by atoms with Crippen LogP contribution in [0.3, 0.4) is 0 Å². The first-order valence-corrected chi connectivity index (χ1v) is 15.2. The summed E-state index contributed by atoms with van der Waals surface area (Å²) in [5.41, 5.74) is -4.52. The Morgan fingerprint density at radius 2 is 1.73 bits per heavy atom. The zero-order chi connectivity index (χ0) is 33.1. The van der Waals surface area contributed by atoms with E-state index in [2.05, 4.69) is 5.18 Å². The van der Waals surface area contributed by atoms with Crippen LogP contribution >= 0.6 is 0 Å². The number of aliphatic hydroxyl groups excluding tert-OH is 2. The number of carbonyl (C=O) groups excluding carboxylic acids is 4. The lowest BCUT2D eigenvalue weighted by molar-refractivity contribution is -0.322. The van der Waals surface area contributed by atoms with Crippen LogP contribution in [-0.4, -0.2) is 82.2 Å². The number of ether oxygens (including phenoxy) is 4. The molecule has 244 valence electrons. The van der Waals surface area contributed by atoms with Crippen LogP contribution in [0, 0.1) is 21.7 Å². The third kappa shape index (κ3) is 5.01. The highest BCUT2D eigenvalue weighted by atomic mass is 16.6. The van der Waals surface area contributed by atoms with Crippen LogP contribution in [0.25, 0.3) is 0 Å². The minimum atomic E-state index is -1.65. The molecule has 1 aromatic carbocycles. The summed E-state index contributed by atoms with van der Waals surface area (Å²) in [5.74, 6) is -3.96. The summed E-state index contributed by atoms with van der Waals surface area (Å²) in [5, 5.41) is 26.0. The molecule has 1 saturated heterocycles. The number of hydrogen-bond donors (Lipinski definition) is 2. The van der Waals surface area contributed by atoms with Crippen molar-refractivity contribution in [3.05, 3.63) is 51.9 Å². The van der Waals surface area contributed by atoms with Gasteiger partial charge in [-0.2, -0.15) is 4.91 Å². The number of aliphatic hydroxyl groups is 2. The minimum Gasteiger partial charge on any atom is -0.456 e. The van der Waals surface area contributed by atoms with Crippen LogP contribution in [0.2, 0.25) is 0 Å². The van der Waals surface area contributed by atoms with Crippen LogP contribution in [0.15, 0.2) is 46.7 Å². The van der Waals surface area contributed by atoms with Gasteiger partial charge in [0.2, 0.25) is 0 Å². The van der Waals surface area contributed by atoms with Crippen LogP contribution < -0.4 is 0 Å². The Hall–Kier alpha value is -3.48. The summed E-state index contributed by atoms with van der Waals surface area (Å²) in [6, 6.07) is 8.89. The zero-order valence-corrected chi connectivity index (χ0v) is 26.4. The predicted molar refractivity (Wildman–Crippen MR) is 157 cm³/mol. The van der Waals surface area contributed by atoms with Crippen LogP contribution in [0.4, 0.5) is 0 Å². The molecule has 45 heavy (non-hydrogen) atoms. The van der Waals surface area contributed by atoms with Crippen LogP contribution in [0.5, 0.6) is 0 Å². The first-order chi connectivity index (χ1) is 21.0. The molecule has 0 spiro atoms. The number of fused-ring (bicyclic) bond motifs is 5. The molecule has 0 aromatic heterocycles. The van der Waals surface area contributed by atoms with E-state index in [-0.39, 0.29) is 37.9 Å². The quantitative estimate of drug-likeness (QED) is 0.197. The smallest absolute Gasteiger partial charge is 0.335 e. The van der Waals surface area contributed by atoms with Gasteiger partial charge in [-0.15, -0.1) is 0 Å². The van der Waals surface area contributed by atoms with Crippen molar-refractivity contribution in [3.63, 3.8) is 0 Å². The molecule has 1 heterocycles. The van der Waals surface area contributed by atoms with Gasteiger partial charge in [0.15, 0.2) is 23.6 Å². The van der Waals surface area contributed by atoms with Gasteiger partial charge in [-0.05, 0) is 37.0 Å². The molecule has 12 heteroatoms. The number of hydrogen-bond acceptors (Lipinski definition) is 12. The van der Waals surface area contributed by atoms with Crippen molar-refractivity contribution in [2.24, 2.45) is 21.9 Å². The summed E-state index contributed by atoms with van der Waals surface area (Å²) in [6.07, 6.45) is -6.57. The van der Waals surface area contributed by atoms with Crippen molar-refractivity contribution in [1.29, 1.82) is 0 Å². The second kappa shape index (κ2) is 11.4. The molecule has 1 aliphatic heterocycles. The predicted octanol–water partition coefficient (Wildman–Crippen LogP) is 2.75. The van der Waals surface area contributed by atoms with E-state index < -0.39 is 82.1 Å². The van der Waals surface area contributed by atoms with Crippen molar-refractivity contribution >= 4 is 23.7 Å². The average Bonchev–Trinajstić information content (AvgIpc) is 2.96. The summed E-state index contributed by atoms with van der Waals surface area (Å²) in [6.45, 7) is 8.91. The van der Waals surface area contributed by atoms with Gasteiger partial charge in [-0.3, -0.25) is 14.4 Å². The van der Waals surface area contributed by atoms with Crippen LogP contribution in [0.1, 0.15) is 66.4 Å². The number of carbonyl (C=O) groups is 4. The SMILES string of the molecule is CC(=O)O[C@H]1C(=O)[C@@]2(C)C(C[C@]3(N=O)C[C@H](OC(=O)[C@H](O)Cc4ccccc4)C(C)=C1C3(C)C)[C@]1(OC(C)=O)CO[C@@H]1C[C@@H]2O. The Morgan fingerprint density at radius 1 is 1.07 bits per heavy atom. The van der Waals surface area contributed by atoms with Crippen molar-refractivity contribution in [1.82, 2.24) is 0 Å². The number of nitroso groups, excluding NO2 is 1. The molecule has 3 fully saturated rings. The maximum atomic E-state index is 14.8. The van der Waals surface area contributed by atoms with Gasteiger partial charge < -0.3 is 29.2 Å². The average molecular weight is 628 g/mol. The van der Waals surface area contributed by atoms with Crippen molar-refractivity contribution in [3.8, 4) is 0 Å². The zero-order valence-electron chi connectivity index (χ0n) is 26.4. The van der Waals surface area contributed by atoms with E-state index in [0.717, 1.165) is 6.92 Å². The van der Waals surface area contributed by atoms with E-state index in [1.807, 2.05) is 6.07 Å². The third-order valence-electron chi connectivity index (χ3n) is 10.9. The fourth-order valence-corrected chi connectivity index (χ4v) is 8.29. The molecule has 0 amide bonds. The number of rotatable bonds is 7. The Balaban J connectivity index is 1.65. The largest absolute Gasteiger partial charge is 0.456 e. The Bertz CT molecular complexity index is 1440. The highest BCUT2D eigenvalue weighted by molar-refractivity contribution is 5.95. The van der Waals surface area contributed by atoms with E-state index in [0.29, 0.717) is 11.1 Å². The van der Waals surface area contributed by atoms with Gasteiger partial charge >= 0.3 is 17.9 Å². The molecule has 1 aromatic rings. The number of esters is 3. The second-order valence-electron chi connectivity index (χ2n) is 13.7. The highest BCUT2D eigenvalue weighted by Gasteiger charge is 2.74. The molecule has 5 rings (SSSR count). The molecule has 2 bridgehead atoms. The number of ketones is 1. The normalized spacial score (nSPS) is 37.4. The molecule has 2 saturated carbocycles. The molecule has 3 aliphatic carbocycles. The molecule has 0 radical (unpaired) electrons. The van der Waals surface area contributed by atoms with Crippen molar-refractivity contribution < 1.29 is 48.3 Å². The molecule has 12 nitrogen and oxygen atoms in total. The Labute approximate surface area is 261 Å². The summed E-state index contributed by atoms with van der Waals surface area (Å²) in [4.78, 5) is 66.2. The number of Topliss-reactive ketones (excluding diaryl/α,β-unsaturated/α-hetero) is 1. The summed E-state index contributed by atoms with van der Waals surface area (Å²) >= 11 is 0. The third-order valence-corrected chi connectivity index (χ3v) is 10.9. The summed E-state index contributed by atoms with van der Waals surface area (Å²) in [7, 11) is 0. The van der Waals surface area contributed by atoms with Crippen molar-refractivity contribution in [2.45, 2.75) is 109 Å². The number of benzene rings is 1. The van der Waals surface area contributed by atoms with E-state index in [4.69, 9.17) is 18.9 Å². The molecular formula is C33H41NO11. The van der Waals surface area contributed by atoms with E-state index in [1.54, 1.807) is 52.0 Å². The monoisotopic (exact) mass is 627 g/mol. The van der Waals surface area contributed by atoms with E-state index >= 15 is 0 Å². The Kier molecular flexibility index (Phi) is 8.33. The van der Waals surface area contributed by atoms with Gasteiger partial charge in [0.1, 0.15) is 17.7 Å². The number of nitrogens with zero attached hydrogens (tertiary/aromatic N) is 1. The standard InChI is InChI=1S/C33H41NO11/c1-17-22(44-29(40)21(37)12-20-10-8-7-9-11-20)14-32(34-41)15-23-31(6,24(38)13-25-33(23,16-42-25)45-19(3)36)28(39)27(43-18(2)35)26(17)30(32,4)5/h7-11,21-25,27,37-38H,12-16H2,1-6H3/t21-,22+,23?,24+,25-,27-,31+,32-,33-/m1/s1. The maximum Gasteiger partial charge on any atom is 0.335 e. The van der Waals surface area contributed by atoms with Gasteiger partial charge in [0, 0.05) is 44.4 Å². The Morgan fingerprint density at radius 3 is 2.29 bits per heavy atom. The maximum absolute atomic E-state index is 14.8. The first kappa shape index (κ1) is 32.9. The second-order valence-corrected chi connectivity index (χ2v) is 13.7.